The maximum absolute atomic E-state index is 5.50. The summed E-state index contributed by atoms with van der Waals surface area (Å²) in [4.78, 5) is 11.4. The van der Waals surface area contributed by atoms with Gasteiger partial charge in [0.25, 0.3) is 0 Å². The highest BCUT2D eigenvalue weighted by atomic mass is 16.5. The van der Waals surface area contributed by atoms with E-state index in [1.54, 1.807) is 7.11 Å². The van der Waals surface area contributed by atoms with Gasteiger partial charge in [-0.15, -0.1) is 0 Å². The second kappa shape index (κ2) is 5.30. The molecular formula is C13H21N5O. The first-order valence-corrected chi connectivity index (χ1v) is 6.93. The fourth-order valence-electron chi connectivity index (χ4n) is 2.53. The Kier molecular flexibility index (Phi) is 3.52. The van der Waals surface area contributed by atoms with E-state index in [0.29, 0.717) is 17.8 Å². The van der Waals surface area contributed by atoms with Crippen LogP contribution in [0.3, 0.4) is 0 Å². The fourth-order valence-corrected chi connectivity index (χ4v) is 2.53. The molecule has 6 heteroatoms. The summed E-state index contributed by atoms with van der Waals surface area (Å²) in [6.45, 7) is 1.95. The zero-order valence-corrected chi connectivity index (χ0v) is 11.3. The van der Waals surface area contributed by atoms with E-state index in [2.05, 4.69) is 15.3 Å². The van der Waals surface area contributed by atoms with Gasteiger partial charge in [0.05, 0.1) is 6.10 Å². The number of nitrogens with zero attached hydrogens (tertiary/aromatic N) is 3. The third kappa shape index (κ3) is 2.79. The largest absolute Gasteiger partial charge is 0.381 e. The van der Waals surface area contributed by atoms with Crippen molar-refractivity contribution in [1.82, 2.24) is 9.97 Å². The van der Waals surface area contributed by atoms with Gasteiger partial charge in [0.15, 0.2) is 0 Å². The van der Waals surface area contributed by atoms with Crippen molar-refractivity contribution in [2.45, 2.75) is 37.7 Å². The predicted octanol–water partition coefficient (Wildman–Crippen LogP) is 1.25. The van der Waals surface area contributed by atoms with E-state index in [9.17, 15) is 0 Å². The van der Waals surface area contributed by atoms with Crippen LogP contribution in [-0.2, 0) is 4.74 Å². The highest BCUT2D eigenvalue weighted by Crippen LogP contribution is 2.39. The van der Waals surface area contributed by atoms with Crippen LogP contribution in [0.25, 0.3) is 0 Å². The van der Waals surface area contributed by atoms with Crippen LogP contribution in [-0.4, -0.2) is 36.3 Å². The standard InChI is InChI=1S/C13H21N5O/c1-19-10-4-6-18(7-5-10)12-8-11(17-14)15-13(16-12)9-2-3-9/h8-10H,2-7,14H2,1H3,(H,15,16,17). The number of rotatable bonds is 4. The molecule has 1 saturated heterocycles. The number of nitrogens with two attached hydrogens (primary N) is 1. The Labute approximate surface area is 113 Å². The number of ether oxygens (including phenoxy) is 1. The molecule has 1 aromatic heterocycles. The molecule has 1 aromatic rings. The quantitative estimate of drug-likeness (QED) is 0.629. The van der Waals surface area contributed by atoms with Gasteiger partial charge in [0, 0.05) is 32.2 Å². The van der Waals surface area contributed by atoms with Crippen molar-refractivity contribution in [3.8, 4) is 0 Å². The lowest BCUT2D eigenvalue weighted by atomic mass is 10.1. The van der Waals surface area contributed by atoms with E-state index in [0.717, 1.165) is 37.6 Å². The van der Waals surface area contributed by atoms with E-state index in [1.165, 1.54) is 12.8 Å². The molecule has 1 aliphatic carbocycles. The molecule has 6 nitrogen and oxygen atoms in total. The van der Waals surface area contributed by atoms with Gasteiger partial charge in [-0.1, -0.05) is 0 Å². The molecule has 1 aliphatic heterocycles. The summed E-state index contributed by atoms with van der Waals surface area (Å²) in [6, 6.07) is 1.93. The van der Waals surface area contributed by atoms with Gasteiger partial charge in [-0.3, -0.25) is 0 Å². The number of hydrogen-bond acceptors (Lipinski definition) is 6. The van der Waals surface area contributed by atoms with Crippen molar-refractivity contribution >= 4 is 11.6 Å². The Balaban J connectivity index is 1.77. The van der Waals surface area contributed by atoms with E-state index in [1.807, 2.05) is 6.07 Å². The molecule has 3 N–H and O–H groups in total. The van der Waals surface area contributed by atoms with Gasteiger partial charge >= 0.3 is 0 Å². The van der Waals surface area contributed by atoms with Gasteiger partial charge in [0.1, 0.15) is 17.5 Å². The van der Waals surface area contributed by atoms with Crippen LogP contribution >= 0.6 is 0 Å². The Bertz CT molecular complexity index is 441. The van der Waals surface area contributed by atoms with Crippen LogP contribution < -0.4 is 16.2 Å². The molecule has 0 amide bonds. The monoisotopic (exact) mass is 263 g/mol. The Morgan fingerprint density at radius 2 is 2.00 bits per heavy atom. The second-order valence-corrected chi connectivity index (χ2v) is 5.31. The second-order valence-electron chi connectivity index (χ2n) is 5.31. The predicted molar refractivity (Wildman–Crippen MR) is 74.1 cm³/mol. The van der Waals surface area contributed by atoms with Crippen LogP contribution in [0, 0.1) is 0 Å². The minimum atomic E-state index is 0.382. The van der Waals surface area contributed by atoms with Crippen LogP contribution in [0.4, 0.5) is 11.6 Å². The molecule has 2 heterocycles. The first-order chi connectivity index (χ1) is 9.30. The molecule has 0 atom stereocenters. The summed E-state index contributed by atoms with van der Waals surface area (Å²) >= 11 is 0. The first kappa shape index (κ1) is 12.6. The maximum atomic E-state index is 5.50. The lowest BCUT2D eigenvalue weighted by Crippen LogP contribution is -2.37. The summed E-state index contributed by atoms with van der Waals surface area (Å²) in [6.07, 6.45) is 4.86. The van der Waals surface area contributed by atoms with Crippen molar-refractivity contribution in [2.24, 2.45) is 5.84 Å². The molecule has 3 rings (SSSR count). The average Bonchev–Trinajstić information content (AvgIpc) is 3.31. The van der Waals surface area contributed by atoms with Crippen LogP contribution in [0.15, 0.2) is 6.07 Å². The van der Waals surface area contributed by atoms with Crippen LogP contribution in [0.2, 0.25) is 0 Å². The van der Waals surface area contributed by atoms with E-state index in [-0.39, 0.29) is 0 Å². The molecule has 0 bridgehead atoms. The third-order valence-corrected chi connectivity index (χ3v) is 3.92. The zero-order chi connectivity index (χ0) is 13.2. The van der Waals surface area contributed by atoms with Gasteiger partial charge < -0.3 is 15.1 Å². The summed E-state index contributed by atoms with van der Waals surface area (Å²) in [5.74, 6) is 8.66. The lowest BCUT2D eigenvalue weighted by molar-refractivity contribution is 0.0818. The number of piperidine rings is 1. The number of aromatic nitrogens is 2. The summed E-state index contributed by atoms with van der Waals surface area (Å²) < 4.78 is 5.40. The van der Waals surface area contributed by atoms with E-state index in [4.69, 9.17) is 15.6 Å². The van der Waals surface area contributed by atoms with Gasteiger partial charge in [0.2, 0.25) is 0 Å². The third-order valence-electron chi connectivity index (χ3n) is 3.92. The molecule has 2 aliphatic rings. The number of hydrogen-bond donors (Lipinski definition) is 2. The van der Waals surface area contributed by atoms with E-state index < -0.39 is 0 Å². The van der Waals surface area contributed by atoms with Crippen LogP contribution in [0.5, 0.6) is 0 Å². The summed E-state index contributed by atoms with van der Waals surface area (Å²) in [5.41, 5.74) is 2.65. The van der Waals surface area contributed by atoms with Crippen molar-refractivity contribution in [3.63, 3.8) is 0 Å². The number of methoxy groups -OCH3 is 1. The Morgan fingerprint density at radius 3 is 2.58 bits per heavy atom. The van der Waals surface area contributed by atoms with E-state index >= 15 is 0 Å². The molecule has 0 unspecified atom stereocenters. The minimum Gasteiger partial charge on any atom is -0.381 e. The van der Waals surface area contributed by atoms with Gasteiger partial charge in [-0.05, 0) is 25.7 Å². The molecule has 19 heavy (non-hydrogen) atoms. The highest BCUT2D eigenvalue weighted by molar-refractivity contribution is 5.49. The number of nitrogen functional groups attached to an aromatic ring is 1. The van der Waals surface area contributed by atoms with Crippen molar-refractivity contribution in [1.29, 1.82) is 0 Å². The topological polar surface area (TPSA) is 76.3 Å². The van der Waals surface area contributed by atoms with Crippen molar-refractivity contribution in [3.05, 3.63) is 11.9 Å². The summed E-state index contributed by atoms with van der Waals surface area (Å²) in [7, 11) is 1.78. The van der Waals surface area contributed by atoms with Crippen LogP contribution in [0.1, 0.15) is 37.4 Å². The normalized spacial score (nSPS) is 20.6. The Morgan fingerprint density at radius 1 is 1.26 bits per heavy atom. The SMILES string of the molecule is COC1CCN(c2cc(NN)nc(C3CC3)n2)CC1. The minimum absolute atomic E-state index is 0.382. The fraction of sp³-hybridized carbons (Fsp3) is 0.692. The molecule has 0 radical (unpaired) electrons. The molecule has 1 saturated carbocycles. The van der Waals surface area contributed by atoms with Gasteiger partial charge in [-0.2, -0.15) is 0 Å². The number of anilines is 2. The highest BCUT2D eigenvalue weighted by Gasteiger charge is 2.28. The average molecular weight is 263 g/mol. The zero-order valence-electron chi connectivity index (χ0n) is 11.3. The van der Waals surface area contributed by atoms with Gasteiger partial charge in [-0.25, -0.2) is 15.8 Å². The smallest absolute Gasteiger partial charge is 0.145 e. The molecular weight excluding hydrogens is 242 g/mol. The van der Waals surface area contributed by atoms with Crippen molar-refractivity contribution < 1.29 is 4.74 Å². The number of nitrogens with one attached hydrogen (secondary N) is 1. The van der Waals surface area contributed by atoms with Crippen molar-refractivity contribution in [2.75, 3.05) is 30.5 Å². The number of hydrazine groups is 1. The maximum Gasteiger partial charge on any atom is 0.145 e. The molecule has 0 aromatic carbocycles. The molecule has 104 valence electrons. The molecule has 2 fully saturated rings. The lowest BCUT2D eigenvalue weighted by Gasteiger charge is -2.32. The molecule has 0 spiro atoms. The Hall–Kier alpha value is -1.40. The summed E-state index contributed by atoms with van der Waals surface area (Å²) in [5, 5.41) is 0. The first-order valence-electron chi connectivity index (χ1n) is 6.93.